The Hall–Kier alpha value is -0.880. The maximum absolute atomic E-state index is 11.8. The quantitative estimate of drug-likeness (QED) is 0.0786. The van der Waals surface area contributed by atoms with Gasteiger partial charge in [0.25, 0.3) is 11.8 Å². The average molecular weight is 561 g/mol. The smallest absolute Gasteiger partial charge is 0.744 e. The van der Waals surface area contributed by atoms with E-state index in [2.05, 4.69) is 20.0 Å². The van der Waals surface area contributed by atoms with Crippen LogP contribution in [0.5, 0.6) is 11.5 Å². The van der Waals surface area contributed by atoms with Gasteiger partial charge in [0.05, 0.1) is 21.8 Å². The predicted molar refractivity (Wildman–Crippen MR) is 116 cm³/mol. The van der Waals surface area contributed by atoms with Crippen LogP contribution in [0.2, 0.25) is 0 Å². The van der Waals surface area contributed by atoms with Crippen molar-refractivity contribution in [1.29, 1.82) is 0 Å². The van der Waals surface area contributed by atoms with E-state index in [0.717, 1.165) is 6.07 Å². The normalized spacial score (nSPS) is 10.4. The Balaban J connectivity index is 0.00000612. The third-order valence-electron chi connectivity index (χ3n) is 4.11. The van der Waals surface area contributed by atoms with Gasteiger partial charge in [-0.3, -0.25) is 14.6 Å². The minimum atomic E-state index is -4.95. The molecule has 2 aromatic rings. The molecule has 186 valence electrons. The van der Waals surface area contributed by atoms with E-state index in [9.17, 15) is 27.8 Å². The maximum atomic E-state index is 11.8. The van der Waals surface area contributed by atoms with Gasteiger partial charge < -0.3 is 29.9 Å². The summed E-state index contributed by atoms with van der Waals surface area (Å²) in [5, 5.41) is 18.7. The summed E-state index contributed by atoms with van der Waals surface area (Å²) in [6, 6.07) is 8.31. The average Bonchev–Trinajstić information content (AvgIpc) is 2.80. The number of benzene rings is 2. The summed E-state index contributed by atoms with van der Waals surface area (Å²) in [6.45, 7) is 3.47. The molecule has 0 unspecified atom stereocenters. The largest absolute Gasteiger partial charge is 1.00 e. The van der Waals surface area contributed by atoms with Crippen LogP contribution in [-0.4, -0.2) is 51.1 Å². The van der Waals surface area contributed by atoms with Gasteiger partial charge in [0.2, 0.25) is 0 Å². The van der Waals surface area contributed by atoms with Gasteiger partial charge in [0.15, 0.2) is 13.2 Å². The standard InChI is InChI=1S/C20H24N2O10S2.2Na/c1-3-21-19(23)11-29-15-7-5-13(9-17(15)33-32-31-25)14-6-8-16(18(10-14)34(26,27)28)30-12-20(24)22-4-2;;/h5-10,25H,3-4,11-12H2,1-2H3,(H,21,23)(H,22,24)(H,26,27,28);;/q;2*+1/p-2. The Bertz CT molecular complexity index is 1120. The van der Waals surface area contributed by atoms with Crippen LogP contribution in [0.15, 0.2) is 46.2 Å². The monoisotopic (exact) mass is 560 g/mol. The summed E-state index contributed by atoms with van der Waals surface area (Å²) in [5.74, 6) is -0.927. The van der Waals surface area contributed by atoms with Crippen molar-refractivity contribution in [3.05, 3.63) is 36.4 Å². The number of carbonyl (C=O) groups is 2. The molecule has 0 aromatic heterocycles. The second-order valence-electron chi connectivity index (χ2n) is 6.48. The van der Waals surface area contributed by atoms with Gasteiger partial charge in [-0.05, 0) is 49.2 Å². The molecule has 0 spiro atoms. The van der Waals surface area contributed by atoms with Crippen molar-refractivity contribution >= 4 is 34.0 Å². The molecule has 0 aliphatic carbocycles. The van der Waals surface area contributed by atoms with Crippen molar-refractivity contribution in [1.82, 2.24) is 10.6 Å². The van der Waals surface area contributed by atoms with Gasteiger partial charge in [-0.15, -0.1) is 0 Å². The van der Waals surface area contributed by atoms with Crippen LogP contribution in [0.25, 0.3) is 11.1 Å². The molecule has 0 saturated carbocycles. The van der Waals surface area contributed by atoms with Crippen LogP contribution >= 0.6 is 12.0 Å². The first-order chi connectivity index (χ1) is 16.2. The van der Waals surface area contributed by atoms with Gasteiger partial charge >= 0.3 is 59.1 Å². The zero-order valence-electron chi connectivity index (χ0n) is 20.2. The Morgan fingerprint density at radius 3 is 1.89 bits per heavy atom. The van der Waals surface area contributed by atoms with Crippen molar-refractivity contribution in [2.24, 2.45) is 0 Å². The van der Waals surface area contributed by atoms with Crippen molar-refractivity contribution in [2.75, 3.05) is 26.3 Å². The molecule has 0 bridgehead atoms. The Kier molecular flexibility index (Phi) is 17.2. The van der Waals surface area contributed by atoms with Crippen LogP contribution in [0.1, 0.15) is 13.8 Å². The SMILES string of the molecule is CCNC(=O)COc1ccc(-c2ccc(OCC(=O)NCC)c(S(=O)(=O)[O-])c2)cc1SOO[O-].[Na+].[Na+]. The molecule has 0 fully saturated rings. The number of likely N-dealkylation sites (N-methyl/N-ethyl adjacent to an activating group) is 2. The molecule has 0 aliphatic rings. The number of hydrogen-bond acceptors (Lipinski definition) is 11. The molecule has 0 heterocycles. The molecular weight excluding hydrogens is 538 g/mol. The molecule has 0 aliphatic heterocycles. The first-order valence-electron chi connectivity index (χ1n) is 9.86. The summed E-state index contributed by atoms with van der Waals surface area (Å²) in [4.78, 5) is 22.8. The predicted octanol–water partition coefficient (Wildman–Crippen LogP) is -5.47. The Morgan fingerprint density at radius 2 is 1.39 bits per heavy atom. The van der Waals surface area contributed by atoms with E-state index in [1.165, 1.54) is 24.3 Å². The second-order valence-corrected chi connectivity index (χ2v) is 8.57. The van der Waals surface area contributed by atoms with Crippen molar-refractivity contribution in [2.45, 2.75) is 23.6 Å². The van der Waals surface area contributed by atoms with Crippen LogP contribution in [-0.2, 0) is 29.1 Å². The topological polar surface area (TPSA) is 175 Å². The number of carbonyl (C=O) groups excluding carboxylic acids is 2. The van der Waals surface area contributed by atoms with E-state index in [0.29, 0.717) is 36.3 Å². The van der Waals surface area contributed by atoms with Crippen LogP contribution < -0.4 is 84.5 Å². The zero-order valence-corrected chi connectivity index (χ0v) is 25.8. The molecule has 0 radical (unpaired) electrons. The Labute approximate surface area is 257 Å². The number of hydrogen-bond donors (Lipinski definition) is 2. The molecule has 16 heteroatoms. The van der Waals surface area contributed by atoms with E-state index in [1.807, 2.05) is 0 Å². The number of amides is 2. The van der Waals surface area contributed by atoms with Gasteiger partial charge in [0.1, 0.15) is 21.6 Å². The van der Waals surface area contributed by atoms with E-state index in [-0.39, 0.29) is 88.0 Å². The first-order valence-corrected chi connectivity index (χ1v) is 12.0. The molecule has 2 N–H and O–H groups in total. The summed E-state index contributed by atoms with van der Waals surface area (Å²) >= 11 is 0.509. The van der Waals surface area contributed by atoms with Gasteiger partial charge in [-0.2, -0.15) is 4.33 Å². The van der Waals surface area contributed by atoms with E-state index in [1.54, 1.807) is 19.9 Å². The van der Waals surface area contributed by atoms with Crippen molar-refractivity contribution in [3.63, 3.8) is 0 Å². The molecule has 36 heavy (non-hydrogen) atoms. The Morgan fingerprint density at radius 1 is 0.889 bits per heavy atom. The molecule has 2 amide bonds. The fourth-order valence-electron chi connectivity index (χ4n) is 2.71. The fraction of sp³-hybridized carbons (Fsp3) is 0.300. The van der Waals surface area contributed by atoms with E-state index in [4.69, 9.17) is 9.47 Å². The molecule has 2 rings (SSSR count). The van der Waals surface area contributed by atoms with Crippen molar-refractivity contribution < 1.29 is 106 Å². The summed E-state index contributed by atoms with van der Waals surface area (Å²) < 4.78 is 50.4. The maximum Gasteiger partial charge on any atom is 1.00 e. The molecule has 12 nitrogen and oxygen atoms in total. The van der Waals surface area contributed by atoms with Crippen LogP contribution in [0.3, 0.4) is 0 Å². The van der Waals surface area contributed by atoms with E-state index < -0.39 is 27.5 Å². The summed E-state index contributed by atoms with van der Waals surface area (Å²) in [6.07, 6.45) is 0. The first kappa shape index (κ1) is 35.1. The second kappa shape index (κ2) is 17.6. The van der Waals surface area contributed by atoms with Crippen LogP contribution in [0, 0.1) is 0 Å². The molecule has 0 saturated heterocycles. The third-order valence-corrected chi connectivity index (χ3v) is 5.59. The summed E-state index contributed by atoms with van der Waals surface area (Å²) in [7, 11) is -4.95. The third kappa shape index (κ3) is 11.2. The molecular formula is C20H22N2Na2O10S2. The fourth-order valence-corrected chi connectivity index (χ4v) is 3.84. The van der Waals surface area contributed by atoms with Gasteiger partial charge in [-0.25, -0.2) is 8.42 Å². The van der Waals surface area contributed by atoms with Gasteiger partial charge in [-0.1, -0.05) is 12.1 Å². The van der Waals surface area contributed by atoms with Crippen LogP contribution in [0.4, 0.5) is 0 Å². The zero-order chi connectivity index (χ0) is 25.1. The van der Waals surface area contributed by atoms with Gasteiger partial charge in [0, 0.05) is 13.1 Å². The van der Waals surface area contributed by atoms with Crippen molar-refractivity contribution in [3.8, 4) is 22.6 Å². The van der Waals surface area contributed by atoms with E-state index >= 15 is 0 Å². The number of nitrogens with one attached hydrogen (secondary N) is 2. The summed E-state index contributed by atoms with van der Waals surface area (Å²) in [5.41, 5.74) is 0.725. The minimum absolute atomic E-state index is 0. The molecule has 0 atom stereocenters. The number of ether oxygens (including phenoxy) is 2. The minimum Gasteiger partial charge on any atom is -0.744 e. The number of rotatable bonds is 13. The molecule has 2 aromatic carbocycles.